The molecule has 29 heavy (non-hydrogen) atoms. The van der Waals surface area contributed by atoms with Crippen LogP contribution in [0.15, 0.2) is 12.7 Å². The minimum absolute atomic E-state index is 0.158. The van der Waals surface area contributed by atoms with Gasteiger partial charge in [0, 0.05) is 12.5 Å². The molecule has 0 radical (unpaired) electrons. The van der Waals surface area contributed by atoms with Crippen LogP contribution in [0.3, 0.4) is 0 Å². The smallest absolute Gasteiger partial charge is 0.324 e. The van der Waals surface area contributed by atoms with E-state index in [0.717, 1.165) is 0 Å². The predicted octanol–water partition coefficient (Wildman–Crippen LogP) is 0.513. The number of nitrogens with one attached hydrogen (secondary N) is 3. The van der Waals surface area contributed by atoms with Gasteiger partial charge in [-0.15, -0.1) is 6.58 Å². The number of ether oxygens (including phenoxy) is 1. The Kier molecular flexibility index (Phi) is 9.80. The van der Waals surface area contributed by atoms with E-state index in [2.05, 4.69) is 22.6 Å². The van der Waals surface area contributed by atoms with Crippen molar-refractivity contribution >= 4 is 23.7 Å². The Balaban J connectivity index is 2.71. The van der Waals surface area contributed by atoms with Crippen LogP contribution in [-0.4, -0.2) is 60.5 Å². The highest BCUT2D eigenvalue weighted by Crippen LogP contribution is 2.11. The second kappa shape index (κ2) is 11.5. The molecule has 1 unspecified atom stereocenters. The van der Waals surface area contributed by atoms with E-state index in [0.29, 0.717) is 25.8 Å². The average Bonchev–Trinajstić information content (AvgIpc) is 2.70. The average molecular weight is 411 g/mol. The number of hydrogen-bond acceptors (Lipinski definition) is 6. The van der Waals surface area contributed by atoms with Crippen LogP contribution in [0.4, 0.5) is 0 Å². The first-order chi connectivity index (χ1) is 13.6. The summed E-state index contributed by atoms with van der Waals surface area (Å²) in [5.74, 6) is -1.92. The zero-order valence-electron chi connectivity index (χ0n) is 18.0. The van der Waals surface area contributed by atoms with Crippen LogP contribution < -0.4 is 16.1 Å². The van der Waals surface area contributed by atoms with E-state index in [1.165, 1.54) is 12.1 Å². The second-order valence-electron chi connectivity index (χ2n) is 7.72. The minimum Gasteiger partial charge on any atom is -0.468 e. The summed E-state index contributed by atoms with van der Waals surface area (Å²) in [5, 5.41) is 6.76. The number of allylic oxidation sites excluding steroid dienone is 1. The SMILES string of the molecule is C=CC[C@@H](C)C(=O)N[C@H](C(=O)NC(C)C(=O)N1CCC[C@@H](C(=O)OC)N1)C(C)C. The summed E-state index contributed by atoms with van der Waals surface area (Å²) < 4.78 is 4.72. The molecular formula is C20H34N4O5. The predicted molar refractivity (Wildman–Crippen MR) is 108 cm³/mol. The van der Waals surface area contributed by atoms with Crippen LogP contribution in [0, 0.1) is 11.8 Å². The number of carbonyl (C=O) groups is 4. The number of amides is 3. The molecule has 164 valence electrons. The summed E-state index contributed by atoms with van der Waals surface area (Å²) in [4.78, 5) is 49.4. The molecule has 3 amide bonds. The van der Waals surface area contributed by atoms with Crippen molar-refractivity contribution in [1.82, 2.24) is 21.1 Å². The van der Waals surface area contributed by atoms with E-state index in [-0.39, 0.29) is 23.7 Å². The molecule has 3 N–H and O–H groups in total. The van der Waals surface area contributed by atoms with Crippen LogP contribution >= 0.6 is 0 Å². The van der Waals surface area contributed by atoms with Gasteiger partial charge in [-0.3, -0.25) is 24.2 Å². The highest BCUT2D eigenvalue weighted by molar-refractivity contribution is 5.92. The third kappa shape index (κ3) is 7.16. The summed E-state index contributed by atoms with van der Waals surface area (Å²) in [6.45, 7) is 11.0. The largest absolute Gasteiger partial charge is 0.468 e. The number of rotatable bonds is 9. The summed E-state index contributed by atoms with van der Waals surface area (Å²) in [6, 6.07) is -2.17. The van der Waals surface area contributed by atoms with Gasteiger partial charge in [0.2, 0.25) is 11.8 Å². The summed E-state index contributed by atoms with van der Waals surface area (Å²) >= 11 is 0. The third-order valence-corrected chi connectivity index (χ3v) is 4.88. The van der Waals surface area contributed by atoms with Gasteiger partial charge in [-0.1, -0.05) is 26.8 Å². The number of carbonyl (C=O) groups excluding carboxylic acids is 4. The Morgan fingerprint density at radius 1 is 1.17 bits per heavy atom. The normalized spacial score (nSPS) is 19.7. The number of esters is 1. The molecule has 9 nitrogen and oxygen atoms in total. The Bertz CT molecular complexity index is 622. The molecule has 1 heterocycles. The van der Waals surface area contributed by atoms with Crippen LogP contribution in [0.5, 0.6) is 0 Å². The highest BCUT2D eigenvalue weighted by atomic mass is 16.5. The topological polar surface area (TPSA) is 117 Å². The van der Waals surface area contributed by atoms with Crippen LogP contribution in [-0.2, 0) is 23.9 Å². The number of hydrazine groups is 1. The lowest BCUT2D eigenvalue weighted by Gasteiger charge is -2.34. The van der Waals surface area contributed by atoms with Crippen LogP contribution in [0.25, 0.3) is 0 Å². The van der Waals surface area contributed by atoms with Crippen LogP contribution in [0.2, 0.25) is 0 Å². The van der Waals surface area contributed by atoms with Crippen molar-refractivity contribution in [1.29, 1.82) is 0 Å². The Morgan fingerprint density at radius 3 is 2.38 bits per heavy atom. The molecule has 0 bridgehead atoms. The van der Waals surface area contributed by atoms with Crippen molar-refractivity contribution in [3.63, 3.8) is 0 Å². The van der Waals surface area contributed by atoms with Gasteiger partial charge in [0.25, 0.3) is 5.91 Å². The number of hydrogen-bond donors (Lipinski definition) is 3. The molecule has 0 aromatic rings. The molecule has 1 saturated heterocycles. The Morgan fingerprint density at radius 2 is 1.83 bits per heavy atom. The van der Waals surface area contributed by atoms with E-state index in [9.17, 15) is 19.2 Å². The molecule has 1 fully saturated rings. The Labute approximate surface area is 172 Å². The molecular weight excluding hydrogens is 376 g/mol. The van der Waals surface area contributed by atoms with Crippen LogP contribution in [0.1, 0.15) is 47.0 Å². The van der Waals surface area contributed by atoms with E-state index < -0.39 is 30.0 Å². The van der Waals surface area contributed by atoms with Gasteiger partial charge in [-0.05, 0) is 32.1 Å². The second-order valence-corrected chi connectivity index (χ2v) is 7.72. The zero-order valence-corrected chi connectivity index (χ0v) is 18.0. The first-order valence-corrected chi connectivity index (χ1v) is 9.99. The summed E-state index contributed by atoms with van der Waals surface area (Å²) in [5.41, 5.74) is 2.85. The third-order valence-electron chi connectivity index (χ3n) is 4.88. The molecule has 0 spiro atoms. The Hall–Kier alpha value is -2.42. The molecule has 1 aliphatic rings. The van der Waals surface area contributed by atoms with Gasteiger partial charge < -0.3 is 15.4 Å². The van der Waals surface area contributed by atoms with Crippen molar-refractivity contribution < 1.29 is 23.9 Å². The maximum Gasteiger partial charge on any atom is 0.324 e. The van der Waals surface area contributed by atoms with E-state index in [4.69, 9.17) is 4.74 Å². The molecule has 0 aromatic carbocycles. The van der Waals surface area contributed by atoms with Gasteiger partial charge in [0.05, 0.1) is 7.11 Å². The van der Waals surface area contributed by atoms with Crippen molar-refractivity contribution in [2.75, 3.05) is 13.7 Å². The highest BCUT2D eigenvalue weighted by Gasteiger charge is 2.33. The van der Waals surface area contributed by atoms with E-state index in [1.807, 2.05) is 13.8 Å². The summed E-state index contributed by atoms with van der Waals surface area (Å²) in [6.07, 6.45) is 3.38. The molecule has 1 aliphatic heterocycles. The van der Waals surface area contributed by atoms with Crippen molar-refractivity contribution in [3.05, 3.63) is 12.7 Å². The monoisotopic (exact) mass is 410 g/mol. The zero-order chi connectivity index (χ0) is 22.1. The maximum absolute atomic E-state index is 12.7. The molecule has 9 heteroatoms. The first-order valence-electron chi connectivity index (χ1n) is 9.99. The fourth-order valence-electron chi connectivity index (χ4n) is 3.04. The van der Waals surface area contributed by atoms with Gasteiger partial charge in [0.1, 0.15) is 18.1 Å². The molecule has 0 aliphatic carbocycles. The van der Waals surface area contributed by atoms with Gasteiger partial charge in [0.15, 0.2) is 0 Å². The number of nitrogens with zero attached hydrogens (tertiary/aromatic N) is 1. The molecule has 0 saturated carbocycles. The fourth-order valence-corrected chi connectivity index (χ4v) is 3.04. The van der Waals surface area contributed by atoms with Crippen molar-refractivity contribution in [2.45, 2.75) is 65.1 Å². The van der Waals surface area contributed by atoms with E-state index >= 15 is 0 Å². The molecule has 0 aromatic heterocycles. The van der Waals surface area contributed by atoms with Crippen molar-refractivity contribution in [3.8, 4) is 0 Å². The van der Waals surface area contributed by atoms with Gasteiger partial charge in [-0.2, -0.15) is 0 Å². The lowest BCUT2D eigenvalue weighted by atomic mass is 10.0. The van der Waals surface area contributed by atoms with Gasteiger partial charge in [-0.25, -0.2) is 5.43 Å². The van der Waals surface area contributed by atoms with Gasteiger partial charge >= 0.3 is 5.97 Å². The number of methoxy groups -OCH3 is 1. The first kappa shape index (κ1) is 24.6. The van der Waals surface area contributed by atoms with Crippen molar-refractivity contribution in [2.24, 2.45) is 11.8 Å². The standard InChI is InChI=1S/C20H34N4O5/c1-7-9-13(4)17(25)22-16(12(2)3)18(26)21-14(5)19(27)24-11-8-10-15(23-24)20(28)29-6/h7,12-16,23H,1,8-11H2,2-6H3,(H,21,26)(H,22,25)/t13-,14?,15+,16+/m1/s1. The lowest BCUT2D eigenvalue weighted by molar-refractivity contribution is -0.150. The lowest BCUT2D eigenvalue weighted by Crippen LogP contribution is -2.61. The maximum atomic E-state index is 12.7. The molecule has 4 atom stereocenters. The quantitative estimate of drug-likeness (QED) is 0.377. The summed E-state index contributed by atoms with van der Waals surface area (Å²) in [7, 11) is 1.30. The minimum atomic E-state index is -0.824. The fraction of sp³-hybridized carbons (Fsp3) is 0.700. The van der Waals surface area contributed by atoms with E-state index in [1.54, 1.807) is 19.9 Å². The molecule has 1 rings (SSSR count).